The molecule has 0 fully saturated rings. The van der Waals surface area contributed by atoms with Gasteiger partial charge in [-0.3, -0.25) is 9.78 Å². The monoisotopic (exact) mass is 358 g/mol. The van der Waals surface area contributed by atoms with Crippen LogP contribution in [0.2, 0.25) is 0 Å². The Morgan fingerprint density at radius 3 is 2.83 bits per heavy atom. The first kappa shape index (κ1) is 16.5. The molecular weight excluding hydrogens is 344 g/mol. The molecule has 0 atom stereocenters. The van der Waals surface area contributed by atoms with Gasteiger partial charge in [0.25, 0.3) is 5.22 Å². The Morgan fingerprint density at radius 2 is 2.04 bits per heavy atom. The normalized spacial score (nSPS) is 10.5. The number of carbonyl (C=O) groups is 1. The molecule has 1 aromatic carbocycles. The van der Waals surface area contributed by atoms with Gasteiger partial charge < -0.3 is 9.73 Å². The fourth-order valence-electron chi connectivity index (χ4n) is 1.90. The van der Waals surface area contributed by atoms with Crippen molar-refractivity contribution in [2.45, 2.75) is 10.1 Å². The quantitative estimate of drug-likeness (QED) is 0.674. The first-order valence-electron chi connectivity index (χ1n) is 7.05. The maximum atomic E-state index is 12.0. The molecule has 3 rings (SSSR count). The summed E-state index contributed by atoms with van der Waals surface area (Å²) in [7, 11) is 0. The van der Waals surface area contributed by atoms with Crippen LogP contribution in [0.25, 0.3) is 11.5 Å². The van der Waals surface area contributed by atoms with Crippen molar-refractivity contribution >= 4 is 35.1 Å². The summed E-state index contributed by atoms with van der Waals surface area (Å²) in [6.45, 7) is 0. The standard InChI is InChI=1S/C16H14N4O2S2/c1-23-13-4-2-3-12(9-13)18-14(21)10-24-16-20-19-15(22-16)11-5-7-17-8-6-11/h2-9H,10H2,1H3,(H,18,21). The van der Waals surface area contributed by atoms with E-state index < -0.39 is 0 Å². The summed E-state index contributed by atoms with van der Waals surface area (Å²) >= 11 is 2.83. The average Bonchev–Trinajstić information content (AvgIpc) is 3.10. The number of amides is 1. The molecule has 24 heavy (non-hydrogen) atoms. The average molecular weight is 358 g/mol. The van der Waals surface area contributed by atoms with Crippen LogP contribution < -0.4 is 5.32 Å². The Balaban J connectivity index is 1.56. The van der Waals surface area contributed by atoms with E-state index in [9.17, 15) is 4.79 Å². The molecule has 122 valence electrons. The minimum atomic E-state index is -0.123. The maximum absolute atomic E-state index is 12.0. The van der Waals surface area contributed by atoms with E-state index in [-0.39, 0.29) is 11.7 Å². The van der Waals surface area contributed by atoms with E-state index in [1.165, 1.54) is 11.8 Å². The van der Waals surface area contributed by atoms with Crippen molar-refractivity contribution in [3.8, 4) is 11.5 Å². The molecule has 1 N–H and O–H groups in total. The zero-order valence-electron chi connectivity index (χ0n) is 12.8. The van der Waals surface area contributed by atoms with Gasteiger partial charge in [-0.25, -0.2) is 0 Å². The molecule has 0 spiro atoms. The molecule has 1 amide bonds. The molecule has 0 unspecified atom stereocenters. The largest absolute Gasteiger partial charge is 0.411 e. The molecule has 0 aliphatic heterocycles. The van der Waals surface area contributed by atoms with Crippen LogP contribution in [-0.4, -0.2) is 33.1 Å². The summed E-state index contributed by atoms with van der Waals surface area (Å²) in [4.78, 5) is 17.1. The van der Waals surface area contributed by atoms with E-state index in [1.807, 2.05) is 30.5 Å². The van der Waals surface area contributed by atoms with Crippen molar-refractivity contribution < 1.29 is 9.21 Å². The maximum Gasteiger partial charge on any atom is 0.277 e. The first-order chi connectivity index (χ1) is 11.7. The lowest BCUT2D eigenvalue weighted by molar-refractivity contribution is -0.113. The van der Waals surface area contributed by atoms with Gasteiger partial charge in [0, 0.05) is 28.5 Å². The van der Waals surface area contributed by atoms with Gasteiger partial charge in [0.1, 0.15) is 0 Å². The second kappa shape index (κ2) is 7.98. The molecule has 2 aromatic heterocycles. The van der Waals surface area contributed by atoms with E-state index >= 15 is 0 Å². The van der Waals surface area contributed by atoms with Gasteiger partial charge in [-0.05, 0) is 36.6 Å². The highest BCUT2D eigenvalue weighted by atomic mass is 32.2. The number of anilines is 1. The molecule has 8 heteroatoms. The van der Waals surface area contributed by atoms with Crippen LogP contribution in [0.5, 0.6) is 0 Å². The lowest BCUT2D eigenvalue weighted by atomic mass is 10.3. The third-order valence-electron chi connectivity index (χ3n) is 3.01. The highest BCUT2D eigenvalue weighted by molar-refractivity contribution is 7.99. The minimum absolute atomic E-state index is 0.123. The van der Waals surface area contributed by atoms with E-state index in [4.69, 9.17) is 4.42 Å². The zero-order chi connectivity index (χ0) is 16.8. The predicted octanol–water partition coefficient (Wildman–Crippen LogP) is 3.58. The van der Waals surface area contributed by atoms with Crippen LogP contribution >= 0.6 is 23.5 Å². The first-order valence-corrected chi connectivity index (χ1v) is 9.26. The molecule has 0 aliphatic rings. The topological polar surface area (TPSA) is 80.9 Å². The van der Waals surface area contributed by atoms with Crippen LogP contribution in [0.1, 0.15) is 0 Å². The summed E-state index contributed by atoms with van der Waals surface area (Å²) in [5.74, 6) is 0.483. The smallest absolute Gasteiger partial charge is 0.277 e. The van der Waals surface area contributed by atoms with Gasteiger partial charge in [0.2, 0.25) is 11.8 Å². The minimum Gasteiger partial charge on any atom is -0.411 e. The molecule has 0 aliphatic carbocycles. The van der Waals surface area contributed by atoms with Gasteiger partial charge in [0.15, 0.2) is 0 Å². The van der Waals surface area contributed by atoms with Crippen molar-refractivity contribution in [1.82, 2.24) is 15.2 Å². The van der Waals surface area contributed by atoms with Crippen molar-refractivity contribution in [2.24, 2.45) is 0 Å². The molecule has 0 bridgehead atoms. The SMILES string of the molecule is CSc1cccc(NC(=O)CSc2nnc(-c3ccncc3)o2)c1. The van der Waals surface area contributed by atoms with Gasteiger partial charge in [-0.1, -0.05) is 17.8 Å². The van der Waals surface area contributed by atoms with Crippen LogP contribution in [-0.2, 0) is 4.79 Å². The number of hydrogen-bond acceptors (Lipinski definition) is 7. The number of thioether (sulfide) groups is 2. The lowest BCUT2D eigenvalue weighted by Gasteiger charge is -2.05. The summed E-state index contributed by atoms with van der Waals surface area (Å²) in [6, 6.07) is 11.3. The van der Waals surface area contributed by atoms with E-state index in [0.717, 1.165) is 16.1 Å². The van der Waals surface area contributed by atoms with Gasteiger partial charge in [0.05, 0.1) is 5.75 Å². The summed E-state index contributed by atoms with van der Waals surface area (Å²) < 4.78 is 5.54. The molecule has 3 aromatic rings. The summed E-state index contributed by atoms with van der Waals surface area (Å²) in [5, 5.41) is 11.1. The molecule has 0 saturated heterocycles. The molecule has 2 heterocycles. The fourth-order valence-corrected chi connectivity index (χ4v) is 2.93. The Hall–Kier alpha value is -2.32. The van der Waals surface area contributed by atoms with Crippen LogP contribution in [0.15, 0.2) is 63.3 Å². The Labute approximate surface area is 147 Å². The number of carbonyl (C=O) groups excluding carboxylic acids is 1. The second-order valence-corrected chi connectivity index (χ2v) is 6.48. The number of hydrogen-bond donors (Lipinski definition) is 1. The second-order valence-electron chi connectivity index (χ2n) is 4.68. The highest BCUT2D eigenvalue weighted by Crippen LogP contribution is 2.23. The van der Waals surface area contributed by atoms with Gasteiger partial charge >= 0.3 is 0 Å². The van der Waals surface area contributed by atoms with Crippen LogP contribution in [0.3, 0.4) is 0 Å². The third-order valence-corrected chi connectivity index (χ3v) is 4.56. The third kappa shape index (κ3) is 4.36. The molecule has 0 radical (unpaired) electrons. The number of rotatable bonds is 6. The number of aromatic nitrogens is 3. The Morgan fingerprint density at radius 1 is 1.21 bits per heavy atom. The number of nitrogens with zero attached hydrogens (tertiary/aromatic N) is 3. The van der Waals surface area contributed by atoms with E-state index in [1.54, 1.807) is 36.3 Å². The van der Waals surface area contributed by atoms with Gasteiger partial charge in [-0.2, -0.15) is 0 Å². The van der Waals surface area contributed by atoms with Crippen molar-refractivity contribution in [2.75, 3.05) is 17.3 Å². The zero-order valence-corrected chi connectivity index (χ0v) is 14.4. The number of benzene rings is 1. The Kier molecular flexibility index (Phi) is 5.50. The molecular formula is C16H14N4O2S2. The number of nitrogens with one attached hydrogen (secondary N) is 1. The van der Waals surface area contributed by atoms with Gasteiger partial charge in [-0.15, -0.1) is 22.0 Å². The van der Waals surface area contributed by atoms with Crippen LogP contribution in [0, 0.1) is 0 Å². The van der Waals surface area contributed by atoms with Crippen molar-refractivity contribution in [1.29, 1.82) is 0 Å². The van der Waals surface area contributed by atoms with Crippen LogP contribution in [0.4, 0.5) is 5.69 Å². The summed E-state index contributed by atoms with van der Waals surface area (Å²) in [5.41, 5.74) is 1.57. The van der Waals surface area contributed by atoms with Crippen molar-refractivity contribution in [3.63, 3.8) is 0 Å². The lowest BCUT2D eigenvalue weighted by Crippen LogP contribution is -2.13. The Bertz CT molecular complexity index is 824. The summed E-state index contributed by atoms with van der Waals surface area (Å²) in [6.07, 6.45) is 5.30. The van der Waals surface area contributed by atoms with E-state index in [0.29, 0.717) is 11.1 Å². The molecule has 0 saturated carbocycles. The number of pyridine rings is 1. The van der Waals surface area contributed by atoms with Crippen molar-refractivity contribution in [3.05, 3.63) is 48.8 Å². The fraction of sp³-hybridized carbons (Fsp3) is 0.125. The van der Waals surface area contributed by atoms with E-state index in [2.05, 4.69) is 20.5 Å². The molecule has 6 nitrogen and oxygen atoms in total. The highest BCUT2D eigenvalue weighted by Gasteiger charge is 2.11. The predicted molar refractivity (Wildman–Crippen MR) is 95.1 cm³/mol.